The molecule has 0 aliphatic rings. The quantitative estimate of drug-likeness (QED) is 0.475. The van der Waals surface area contributed by atoms with E-state index >= 15 is 0 Å². The van der Waals surface area contributed by atoms with Crippen LogP contribution in [0.1, 0.15) is 22.8 Å². The van der Waals surface area contributed by atoms with Crippen molar-refractivity contribution in [1.29, 1.82) is 0 Å². The fourth-order valence-electron chi connectivity index (χ4n) is 2.94. The standard InChI is InChI=1S/C23H23Cl2NO3/c1-28-22-12-17(13-26-14-21(27)18-7-3-2-4-8-18)11-20(25)23(22)29-15-16-6-5-9-19(24)10-16/h2-12,21,26-27H,13-15H2,1H3. The van der Waals surface area contributed by atoms with Gasteiger partial charge in [-0.1, -0.05) is 65.7 Å². The minimum absolute atomic E-state index is 0.331. The molecule has 0 bridgehead atoms. The van der Waals surface area contributed by atoms with Crippen LogP contribution in [0.5, 0.6) is 11.5 Å². The molecule has 0 spiro atoms. The fourth-order valence-corrected chi connectivity index (χ4v) is 3.44. The maximum Gasteiger partial charge on any atom is 0.180 e. The highest BCUT2D eigenvalue weighted by molar-refractivity contribution is 6.32. The van der Waals surface area contributed by atoms with Crippen molar-refractivity contribution in [2.45, 2.75) is 19.3 Å². The van der Waals surface area contributed by atoms with Crippen LogP contribution in [0.3, 0.4) is 0 Å². The summed E-state index contributed by atoms with van der Waals surface area (Å²) in [5.41, 5.74) is 2.75. The number of nitrogens with one attached hydrogen (secondary N) is 1. The summed E-state index contributed by atoms with van der Waals surface area (Å²) in [6.07, 6.45) is -0.575. The Kier molecular flexibility index (Phi) is 7.78. The van der Waals surface area contributed by atoms with Gasteiger partial charge in [0.05, 0.1) is 18.2 Å². The van der Waals surface area contributed by atoms with Gasteiger partial charge in [0, 0.05) is 18.1 Å². The highest BCUT2D eigenvalue weighted by Crippen LogP contribution is 2.37. The number of aliphatic hydroxyl groups is 1. The summed E-state index contributed by atoms with van der Waals surface area (Å²) < 4.78 is 11.3. The number of benzene rings is 3. The molecule has 3 aromatic carbocycles. The smallest absolute Gasteiger partial charge is 0.180 e. The number of hydrogen-bond donors (Lipinski definition) is 2. The molecule has 29 heavy (non-hydrogen) atoms. The first-order valence-corrected chi connectivity index (χ1v) is 10.00. The molecule has 0 aliphatic carbocycles. The molecule has 0 saturated carbocycles. The number of ether oxygens (including phenoxy) is 2. The normalized spacial score (nSPS) is 11.9. The molecule has 0 heterocycles. The molecule has 3 aromatic rings. The topological polar surface area (TPSA) is 50.7 Å². The summed E-state index contributed by atoms with van der Waals surface area (Å²) in [4.78, 5) is 0. The highest BCUT2D eigenvalue weighted by Gasteiger charge is 2.13. The zero-order chi connectivity index (χ0) is 20.6. The molecule has 0 amide bonds. The van der Waals surface area contributed by atoms with Crippen LogP contribution in [-0.4, -0.2) is 18.8 Å². The summed E-state index contributed by atoms with van der Waals surface area (Å²) in [6.45, 7) is 1.29. The Morgan fingerprint density at radius 3 is 2.48 bits per heavy atom. The van der Waals surface area contributed by atoms with Gasteiger partial charge in [0.1, 0.15) is 6.61 Å². The second-order valence-corrected chi connectivity index (χ2v) is 7.43. The third-order valence-corrected chi connectivity index (χ3v) is 4.93. The van der Waals surface area contributed by atoms with E-state index in [0.717, 1.165) is 16.7 Å². The Balaban J connectivity index is 1.61. The molecule has 0 fully saturated rings. The Hall–Kier alpha value is -2.24. The van der Waals surface area contributed by atoms with Crippen molar-refractivity contribution in [3.63, 3.8) is 0 Å². The van der Waals surface area contributed by atoms with Crippen LogP contribution in [0, 0.1) is 0 Å². The van der Waals surface area contributed by atoms with Gasteiger partial charge in [-0.2, -0.15) is 0 Å². The lowest BCUT2D eigenvalue weighted by Gasteiger charge is -2.16. The molecule has 1 atom stereocenters. The van der Waals surface area contributed by atoms with Crippen molar-refractivity contribution < 1.29 is 14.6 Å². The van der Waals surface area contributed by atoms with E-state index in [4.69, 9.17) is 32.7 Å². The SMILES string of the molecule is COc1cc(CNCC(O)c2ccccc2)cc(Cl)c1OCc1cccc(Cl)c1. The summed E-state index contributed by atoms with van der Waals surface area (Å²) in [6, 6.07) is 20.7. The molecular formula is C23H23Cl2NO3. The summed E-state index contributed by atoms with van der Waals surface area (Å²) in [5.74, 6) is 1.04. The van der Waals surface area contributed by atoms with Gasteiger partial charge in [-0.25, -0.2) is 0 Å². The average molecular weight is 432 g/mol. The predicted molar refractivity (Wildman–Crippen MR) is 117 cm³/mol. The fraction of sp³-hybridized carbons (Fsp3) is 0.217. The molecule has 4 nitrogen and oxygen atoms in total. The average Bonchev–Trinajstić information content (AvgIpc) is 2.73. The van der Waals surface area contributed by atoms with Crippen molar-refractivity contribution in [2.24, 2.45) is 0 Å². The molecule has 6 heteroatoms. The lowest BCUT2D eigenvalue weighted by atomic mass is 10.1. The van der Waals surface area contributed by atoms with E-state index in [1.54, 1.807) is 7.11 Å². The Morgan fingerprint density at radius 1 is 0.966 bits per heavy atom. The van der Waals surface area contributed by atoms with Crippen LogP contribution < -0.4 is 14.8 Å². The third kappa shape index (κ3) is 6.12. The van der Waals surface area contributed by atoms with E-state index in [1.807, 2.05) is 66.7 Å². The summed E-state index contributed by atoms with van der Waals surface area (Å²) >= 11 is 12.5. The molecule has 0 radical (unpaired) electrons. The van der Waals surface area contributed by atoms with Crippen molar-refractivity contribution in [3.8, 4) is 11.5 Å². The van der Waals surface area contributed by atoms with Crippen molar-refractivity contribution >= 4 is 23.2 Å². The van der Waals surface area contributed by atoms with Crippen molar-refractivity contribution in [1.82, 2.24) is 5.32 Å². The van der Waals surface area contributed by atoms with Gasteiger partial charge in [-0.05, 0) is 41.0 Å². The van der Waals surface area contributed by atoms with E-state index in [0.29, 0.717) is 41.2 Å². The molecule has 1 unspecified atom stereocenters. The maximum atomic E-state index is 10.3. The zero-order valence-electron chi connectivity index (χ0n) is 16.1. The zero-order valence-corrected chi connectivity index (χ0v) is 17.6. The van der Waals surface area contributed by atoms with Gasteiger partial charge in [-0.3, -0.25) is 0 Å². The van der Waals surface area contributed by atoms with Crippen LogP contribution >= 0.6 is 23.2 Å². The maximum absolute atomic E-state index is 10.3. The second kappa shape index (κ2) is 10.5. The van der Waals surface area contributed by atoms with E-state index in [9.17, 15) is 5.11 Å². The van der Waals surface area contributed by atoms with Gasteiger partial charge in [0.15, 0.2) is 11.5 Å². The van der Waals surface area contributed by atoms with Crippen molar-refractivity contribution in [3.05, 3.63) is 93.5 Å². The van der Waals surface area contributed by atoms with Gasteiger partial charge < -0.3 is 19.9 Å². The van der Waals surface area contributed by atoms with Crippen LogP contribution in [0.4, 0.5) is 0 Å². The first kappa shape index (κ1) is 21.5. The Labute approximate surface area is 181 Å². The van der Waals surface area contributed by atoms with Gasteiger partial charge >= 0.3 is 0 Å². The number of aliphatic hydroxyl groups excluding tert-OH is 1. The molecule has 2 N–H and O–H groups in total. The van der Waals surface area contributed by atoms with Crippen molar-refractivity contribution in [2.75, 3.05) is 13.7 Å². The van der Waals surface area contributed by atoms with E-state index in [-0.39, 0.29) is 0 Å². The number of rotatable bonds is 9. The van der Waals surface area contributed by atoms with Gasteiger partial charge in [0.25, 0.3) is 0 Å². The first-order chi connectivity index (χ1) is 14.1. The molecular weight excluding hydrogens is 409 g/mol. The predicted octanol–water partition coefficient (Wildman–Crippen LogP) is 5.40. The molecule has 0 saturated heterocycles. The Morgan fingerprint density at radius 2 is 1.76 bits per heavy atom. The minimum Gasteiger partial charge on any atom is -0.493 e. The van der Waals surface area contributed by atoms with Gasteiger partial charge in [0.2, 0.25) is 0 Å². The van der Waals surface area contributed by atoms with Crippen LogP contribution in [0.2, 0.25) is 10.0 Å². The van der Waals surface area contributed by atoms with E-state index in [2.05, 4.69) is 5.32 Å². The van der Waals surface area contributed by atoms with Crippen LogP contribution in [-0.2, 0) is 13.2 Å². The lowest BCUT2D eigenvalue weighted by molar-refractivity contribution is 0.174. The first-order valence-electron chi connectivity index (χ1n) is 9.24. The van der Waals surface area contributed by atoms with Gasteiger partial charge in [-0.15, -0.1) is 0 Å². The molecule has 0 aliphatic heterocycles. The molecule has 152 valence electrons. The summed E-state index contributed by atoms with van der Waals surface area (Å²) in [7, 11) is 1.58. The Bertz CT molecular complexity index is 935. The third-order valence-electron chi connectivity index (χ3n) is 4.41. The van der Waals surface area contributed by atoms with E-state index < -0.39 is 6.10 Å². The summed E-state index contributed by atoms with van der Waals surface area (Å²) in [5, 5.41) is 14.6. The molecule has 3 rings (SSSR count). The van der Waals surface area contributed by atoms with Crippen LogP contribution in [0.15, 0.2) is 66.7 Å². The lowest BCUT2D eigenvalue weighted by Crippen LogP contribution is -2.21. The number of methoxy groups -OCH3 is 1. The number of halogens is 2. The number of hydrogen-bond acceptors (Lipinski definition) is 4. The molecule has 0 aromatic heterocycles. The van der Waals surface area contributed by atoms with Crippen LogP contribution in [0.25, 0.3) is 0 Å². The minimum atomic E-state index is -0.575. The highest BCUT2D eigenvalue weighted by atomic mass is 35.5. The monoisotopic (exact) mass is 431 g/mol. The second-order valence-electron chi connectivity index (χ2n) is 6.59. The largest absolute Gasteiger partial charge is 0.493 e. The van der Waals surface area contributed by atoms with E-state index in [1.165, 1.54) is 0 Å².